The van der Waals surface area contributed by atoms with Gasteiger partial charge in [0, 0.05) is 5.56 Å². The van der Waals surface area contributed by atoms with E-state index in [9.17, 15) is 22.8 Å². The van der Waals surface area contributed by atoms with E-state index in [1.54, 1.807) is 6.07 Å². The molecule has 2 aromatic rings. The van der Waals surface area contributed by atoms with Crippen molar-refractivity contribution in [3.63, 3.8) is 0 Å². The van der Waals surface area contributed by atoms with Crippen molar-refractivity contribution in [3.05, 3.63) is 57.3 Å². The maximum absolute atomic E-state index is 12.6. The molecule has 1 aromatic carbocycles. The number of carboxylic acids is 2. The Morgan fingerprint density at radius 2 is 1.61 bits per heavy atom. The molecule has 0 radical (unpaired) electrons. The molecule has 0 fully saturated rings. The highest BCUT2D eigenvalue weighted by Crippen LogP contribution is 2.17. The number of hydrogen-bond acceptors (Lipinski definition) is 4. The number of rotatable bonds is 10. The van der Waals surface area contributed by atoms with Gasteiger partial charge in [0.05, 0.1) is 49.9 Å². The fourth-order valence-electron chi connectivity index (χ4n) is 3.28. The molecule has 1 aromatic heterocycles. The highest BCUT2D eigenvalue weighted by atomic mass is 32.1. The van der Waals surface area contributed by atoms with Crippen LogP contribution in [0.3, 0.4) is 0 Å². The van der Waals surface area contributed by atoms with Gasteiger partial charge in [-0.1, -0.05) is 43.7 Å². The SMILES string of the molecule is CCCCCc1ccc(C#Cc2ccc(C(=O)N[C@H](CC(=O)O)C[N+](C)(C)C)s2)cc1.O=C(O)C(F)(F)F. The maximum Gasteiger partial charge on any atom is 0.490 e. The van der Waals surface area contributed by atoms with Crippen LogP contribution in [0.4, 0.5) is 13.2 Å². The van der Waals surface area contributed by atoms with Gasteiger partial charge < -0.3 is 20.0 Å². The van der Waals surface area contributed by atoms with Gasteiger partial charge in [0.2, 0.25) is 0 Å². The van der Waals surface area contributed by atoms with Crippen molar-refractivity contribution in [3.8, 4) is 11.8 Å². The zero-order valence-electron chi connectivity index (χ0n) is 21.9. The van der Waals surface area contributed by atoms with Crippen molar-refractivity contribution >= 4 is 29.2 Å². The number of nitrogens with zero attached hydrogens (tertiary/aromatic N) is 1. The van der Waals surface area contributed by atoms with Gasteiger partial charge in [0.15, 0.2) is 0 Å². The Labute approximate surface area is 224 Å². The molecular weight excluding hydrogens is 521 g/mol. The lowest BCUT2D eigenvalue weighted by molar-refractivity contribution is -0.871. The number of amides is 1. The van der Waals surface area contributed by atoms with Crippen LogP contribution in [0.2, 0.25) is 0 Å². The summed E-state index contributed by atoms with van der Waals surface area (Å²) in [5.41, 5.74) is 2.28. The number of thiophene rings is 1. The molecule has 3 N–H and O–H groups in total. The molecule has 0 aliphatic carbocycles. The monoisotopic (exact) mass is 555 g/mol. The lowest BCUT2D eigenvalue weighted by Crippen LogP contribution is -2.49. The third-order valence-corrected chi connectivity index (χ3v) is 5.95. The number of benzene rings is 1. The van der Waals surface area contributed by atoms with Gasteiger partial charge in [0.1, 0.15) is 0 Å². The number of hydrogen-bond donors (Lipinski definition) is 3. The standard InChI is InChI=1S/C25H32N2O3S.C2HF3O2/c1-5-6-7-8-19-9-11-20(12-10-19)13-14-22-15-16-23(31-22)25(30)26-21(17-24(28)29)18-27(2,3)4;3-2(4,5)1(6)7/h9-12,15-16,21H,5-8,17-18H2,1-4H3,(H-,26,28,29,30);(H,6,7)/p+1/t21-;/m1./s1. The molecule has 0 spiro atoms. The summed E-state index contributed by atoms with van der Waals surface area (Å²) >= 11 is 1.32. The summed E-state index contributed by atoms with van der Waals surface area (Å²) in [7, 11) is 5.91. The molecule has 1 amide bonds. The van der Waals surface area contributed by atoms with E-state index in [1.165, 1.54) is 36.2 Å². The number of carbonyl (C=O) groups excluding carboxylic acids is 1. The first-order valence-electron chi connectivity index (χ1n) is 11.9. The van der Waals surface area contributed by atoms with Crippen molar-refractivity contribution in [2.45, 2.75) is 51.2 Å². The van der Waals surface area contributed by atoms with Crippen molar-refractivity contribution in [2.24, 2.45) is 0 Å². The quantitative estimate of drug-likeness (QED) is 0.222. The van der Waals surface area contributed by atoms with Gasteiger partial charge in [-0.25, -0.2) is 4.79 Å². The minimum atomic E-state index is -5.08. The average molecular weight is 556 g/mol. The predicted octanol–water partition coefficient (Wildman–Crippen LogP) is 4.79. The number of nitrogens with one attached hydrogen (secondary N) is 1. The number of halogens is 3. The molecule has 0 bridgehead atoms. The first kappa shape index (κ1) is 32.7. The van der Waals surface area contributed by atoms with E-state index in [-0.39, 0.29) is 12.3 Å². The second-order valence-electron chi connectivity index (χ2n) is 9.61. The van der Waals surface area contributed by atoms with Gasteiger partial charge in [-0.05, 0) is 42.7 Å². The Morgan fingerprint density at radius 3 is 2.11 bits per heavy atom. The van der Waals surface area contributed by atoms with Crippen LogP contribution in [0.25, 0.3) is 0 Å². The van der Waals surface area contributed by atoms with E-state index < -0.39 is 24.2 Å². The van der Waals surface area contributed by atoms with E-state index in [2.05, 4.69) is 36.2 Å². The van der Waals surface area contributed by atoms with Gasteiger partial charge in [-0.2, -0.15) is 13.2 Å². The molecule has 0 saturated heterocycles. The van der Waals surface area contributed by atoms with Crippen LogP contribution in [0, 0.1) is 11.8 Å². The molecule has 2 rings (SSSR count). The molecular formula is C27H34F3N2O5S+. The van der Waals surface area contributed by atoms with Crippen LogP contribution >= 0.6 is 11.3 Å². The minimum Gasteiger partial charge on any atom is -0.481 e. The summed E-state index contributed by atoms with van der Waals surface area (Å²) in [4.78, 5) is 34.0. The highest BCUT2D eigenvalue weighted by Gasteiger charge is 2.38. The number of carboxylic acid groups (broad SMARTS) is 2. The minimum absolute atomic E-state index is 0.103. The average Bonchev–Trinajstić information content (AvgIpc) is 3.26. The van der Waals surface area contributed by atoms with Crippen LogP contribution in [0.1, 0.15) is 58.3 Å². The molecule has 11 heteroatoms. The lowest BCUT2D eigenvalue weighted by atomic mass is 10.1. The number of aliphatic carboxylic acids is 2. The summed E-state index contributed by atoms with van der Waals surface area (Å²) < 4.78 is 32.3. The van der Waals surface area contributed by atoms with Crippen LogP contribution in [0.5, 0.6) is 0 Å². The molecule has 0 unspecified atom stereocenters. The maximum atomic E-state index is 12.6. The van der Waals surface area contributed by atoms with Crippen LogP contribution < -0.4 is 5.32 Å². The van der Waals surface area contributed by atoms with Crippen molar-refractivity contribution in [1.82, 2.24) is 5.32 Å². The second kappa shape index (κ2) is 15.1. The molecule has 208 valence electrons. The topological polar surface area (TPSA) is 104 Å². The van der Waals surface area contributed by atoms with Crippen molar-refractivity contribution in [1.29, 1.82) is 0 Å². The number of likely N-dealkylation sites (N-methyl/N-ethyl adjacent to an activating group) is 1. The smallest absolute Gasteiger partial charge is 0.481 e. The Hall–Kier alpha value is -3.36. The molecule has 7 nitrogen and oxygen atoms in total. The van der Waals surface area contributed by atoms with Gasteiger partial charge in [-0.15, -0.1) is 11.3 Å². The predicted molar refractivity (Wildman–Crippen MR) is 140 cm³/mol. The first-order chi connectivity index (χ1) is 17.6. The van der Waals surface area contributed by atoms with Gasteiger partial charge in [0.25, 0.3) is 5.91 Å². The Kier molecular flexibility index (Phi) is 13.0. The van der Waals surface area contributed by atoms with Crippen LogP contribution in [-0.4, -0.2) is 72.4 Å². The Bertz CT molecular complexity index is 1130. The van der Waals surface area contributed by atoms with Crippen molar-refractivity contribution < 1.29 is 42.3 Å². The number of aryl methyl sites for hydroxylation is 1. The van der Waals surface area contributed by atoms with Crippen molar-refractivity contribution in [2.75, 3.05) is 27.7 Å². The number of carbonyl (C=O) groups is 3. The van der Waals surface area contributed by atoms with E-state index >= 15 is 0 Å². The van der Waals surface area contributed by atoms with E-state index in [0.717, 1.165) is 16.9 Å². The Morgan fingerprint density at radius 1 is 1.00 bits per heavy atom. The van der Waals surface area contributed by atoms with Crippen LogP contribution in [-0.2, 0) is 16.0 Å². The van der Waals surface area contributed by atoms with Gasteiger partial charge >= 0.3 is 18.1 Å². The molecule has 0 saturated carbocycles. The van der Waals surface area contributed by atoms with Gasteiger partial charge in [-0.3, -0.25) is 9.59 Å². The second-order valence-corrected chi connectivity index (χ2v) is 10.7. The summed E-state index contributed by atoms with van der Waals surface area (Å²) in [6, 6.07) is 11.5. The zero-order valence-corrected chi connectivity index (χ0v) is 22.7. The normalized spacial score (nSPS) is 11.9. The fraction of sp³-hybridized carbons (Fsp3) is 0.444. The van der Waals surface area contributed by atoms with E-state index in [4.69, 9.17) is 15.0 Å². The third kappa shape index (κ3) is 13.8. The van der Waals surface area contributed by atoms with E-state index in [1.807, 2.05) is 39.3 Å². The molecule has 0 aliphatic rings. The largest absolute Gasteiger partial charge is 0.490 e. The third-order valence-electron chi connectivity index (χ3n) is 4.95. The summed E-state index contributed by atoms with van der Waals surface area (Å²) in [5.74, 6) is 2.34. The lowest BCUT2D eigenvalue weighted by Gasteiger charge is -2.29. The molecule has 1 atom stereocenters. The van der Waals surface area contributed by atoms with Crippen LogP contribution in [0.15, 0.2) is 36.4 Å². The summed E-state index contributed by atoms with van der Waals surface area (Å²) in [6.45, 7) is 2.74. The Balaban J connectivity index is 0.000000905. The molecule has 0 aliphatic heterocycles. The van der Waals surface area contributed by atoms with E-state index in [0.29, 0.717) is 15.9 Å². The summed E-state index contributed by atoms with van der Waals surface area (Å²) in [5, 5.41) is 19.1. The zero-order chi connectivity index (χ0) is 28.9. The number of alkyl halides is 3. The fourth-order valence-corrected chi connectivity index (χ4v) is 4.05. The number of quaternary nitrogens is 1. The first-order valence-corrected chi connectivity index (χ1v) is 12.8. The number of unbranched alkanes of at least 4 members (excludes halogenated alkanes) is 2. The summed E-state index contributed by atoms with van der Waals surface area (Å²) in [6.07, 6.45) is -0.401. The molecule has 1 heterocycles. The molecule has 38 heavy (non-hydrogen) atoms. The highest BCUT2D eigenvalue weighted by molar-refractivity contribution is 7.14.